The van der Waals surface area contributed by atoms with Gasteiger partial charge in [-0.2, -0.15) is 0 Å². The molecule has 126 valence electrons. The van der Waals surface area contributed by atoms with Gasteiger partial charge in [-0.3, -0.25) is 4.79 Å². The van der Waals surface area contributed by atoms with E-state index >= 15 is 0 Å². The molecule has 0 aromatic rings. The second-order valence-electron chi connectivity index (χ2n) is 7.14. The molecule has 0 radical (unpaired) electrons. The van der Waals surface area contributed by atoms with Crippen molar-refractivity contribution in [3.8, 4) is 0 Å². The lowest BCUT2D eigenvalue weighted by atomic mass is 9.95. The monoisotopic (exact) mass is 297 g/mol. The fourth-order valence-corrected chi connectivity index (χ4v) is 2.63. The zero-order chi connectivity index (χ0) is 16.0. The van der Waals surface area contributed by atoms with Gasteiger partial charge in [0.05, 0.1) is 5.54 Å². The highest BCUT2D eigenvalue weighted by Gasteiger charge is 2.20. The van der Waals surface area contributed by atoms with E-state index in [1.807, 2.05) is 0 Å². The Bertz CT molecular complexity index is 242. The maximum absolute atomic E-state index is 11.6. The third-order valence-corrected chi connectivity index (χ3v) is 4.23. The van der Waals surface area contributed by atoms with E-state index in [-0.39, 0.29) is 5.78 Å². The molecule has 0 aliphatic heterocycles. The van der Waals surface area contributed by atoms with Crippen molar-refractivity contribution in [1.29, 1.82) is 0 Å². The Morgan fingerprint density at radius 1 is 0.714 bits per heavy atom. The van der Waals surface area contributed by atoms with Gasteiger partial charge in [0, 0.05) is 6.42 Å². The summed E-state index contributed by atoms with van der Waals surface area (Å²) < 4.78 is 0. The van der Waals surface area contributed by atoms with E-state index in [9.17, 15) is 4.79 Å². The van der Waals surface area contributed by atoms with Crippen molar-refractivity contribution in [3.63, 3.8) is 0 Å². The van der Waals surface area contributed by atoms with Crippen LogP contribution in [0.2, 0.25) is 0 Å². The number of hydrogen-bond donors (Lipinski definition) is 1. The first-order valence-corrected chi connectivity index (χ1v) is 9.30. The second kappa shape index (κ2) is 13.3. The van der Waals surface area contributed by atoms with E-state index in [1.165, 1.54) is 77.0 Å². The summed E-state index contributed by atoms with van der Waals surface area (Å²) in [6.07, 6.45) is 18.1. The van der Waals surface area contributed by atoms with E-state index in [4.69, 9.17) is 5.73 Å². The minimum absolute atomic E-state index is 0.200. The van der Waals surface area contributed by atoms with Crippen molar-refractivity contribution in [3.05, 3.63) is 0 Å². The topological polar surface area (TPSA) is 43.1 Å². The van der Waals surface area contributed by atoms with E-state index in [0.717, 1.165) is 6.42 Å². The summed E-state index contributed by atoms with van der Waals surface area (Å²) in [4.78, 5) is 11.6. The zero-order valence-electron chi connectivity index (χ0n) is 14.9. The molecular weight excluding hydrogens is 258 g/mol. The number of Topliss-reactive ketones (excluding diaryl/α,β-unsaturated/α-hetero) is 1. The molecule has 21 heavy (non-hydrogen) atoms. The highest BCUT2D eigenvalue weighted by atomic mass is 16.1. The Morgan fingerprint density at radius 2 is 1.05 bits per heavy atom. The first-order valence-electron chi connectivity index (χ1n) is 9.30. The van der Waals surface area contributed by atoms with Crippen LogP contribution in [0.15, 0.2) is 0 Å². The molecule has 2 N–H and O–H groups in total. The summed E-state index contributed by atoms with van der Waals surface area (Å²) in [6, 6.07) is 0. The Hall–Kier alpha value is -0.370. The van der Waals surface area contributed by atoms with Crippen LogP contribution in [0.4, 0.5) is 0 Å². The molecular formula is C19H39NO. The molecule has 2 nitrogen and oxygen atoms in total. The molecule has 2 heteroatoms. The highest BCUT2D eigenvalue weighted by molar-refractivity contribution is 5.87. The molecule has 0 saturated carbocycles. The van der Waals surface area contributed by atoms with Crippen molar-refractivity contribution in [2.24, 2.45) is 5.73 Å². The average molecular weight is 298 g/mol. The molecule has 0 aromatic carbocycles. The summed E-state index contributed by atoms with van der Waals surface area (Å²) in [5.74, 6) is 0.200. The van der Waals surface area contributed by atoms with Gasteiger partial charge in [-0.05, 0) is 20.3 Å². The lowest BCUT2D eigenvalue weighted by Crippen LogP contribution is -2.41. The Kier molecular flexibility index (Phi) is 13.1. The number of nitrogens with two attached hydrogens (primary N) is 1. The van der Waals surface area contributed by atoms with Crippen LogP contribution in [0, 0.1) is 0 Å². The molecule has 0 rings (SSSR count). The molecule has 0 unspecified atom stereocenters. The summed E-state index contributed by atoms with van der Waals surface area (Å²) in [6.45, 7) is 5.88. The van der Waals surface area contributed by atoms with Crippen LogP contribution in [0.5, 0.6) is 0 Å². The van der Waals surface area contributed by atoms with Crippen LogP contribution in [-0.2, 0) is 4.79 Å². The SMILES string of the molecule is CCCCCCCCCCCCCCCC(=O)C(C)(C)N. The lowest BCUT2D eigenvalue weighted by Gasteiger charge is -2.16. The number of carbonyl (C=O) groups is 1. The number of unbranched alkanes of at least 4 members (excludes halogenated alkanes) is 12. The van der Waals surface area contributed by atoms with E-state index in [1.54, 1.807) is 13.8 Å². The number of carbonyl (C=O) groups excluding carboxylic acids is 1. The van der Waals surface area contributed by atoms with Crippen LogP contribution in [0.3, 0.4) is 0 Å². The standard InChI is InChI=1S/C19H39NO/c1-4-5-6-7-8-9-10-11-12-13-14-15-16-17-18(21)19(2,3)20/h4-17,20H2,1-3H3. The maximum Gasteiger partial charge on any atom is 0.152 e. The van der Waals surface area contributed by atoms with Crippen LogP contribution in [-0.4, -0.2) is 11.3 Å². The van der Waals surface area contributed by atoms with Crippen LogP contribution in [0.1, 0.15) is 111 Å². The summed E-state index contributed by atoms with van der Waals surface area (Å²) >= 11 is 0. The highest BCUT2D eigenvalue weighted by Crippen LogP contribution is 2.14. The average Bonchev–Trinajstić information content (AvgIpc) is 2.42. The van der Waals surface area contributed by atoms with Crippen molar-refractivity contribution in [2.75, 3.05) is 0 Å². The lowest BCUT2D eigenvalue weighted by molar-refractivity contribution is -0.123. The number of ketones is 1. The minimum atomic E-state index is -0.642. The second-order valence-corrected chi connectivity index (χ2v) is 7.14. The maximum atomic E-state index is 11.6. The molecule has 0 amide bonds. The van der Waals surface area contributed by atoms with Crippen LogP contribution < -0.4 is 5.73 Å². The minimum Gasteiger partial charge on any atom is -0.319 e. The third kappa shape index (κ3) is 14.3. The third-order valence-electron chi connectivity index (χ3n) is 4.23. The van der Waals surface area contributed by atoms with Gasteiger partial charge in [0.2, 0.25) is 0 Å². The number of hydrogen-bond acceptors (Lipinski definition) is 2. The summed E-state index contributed by atoms with van der Waals surface area (Å²) in [5.41, 5.74) is 5.13. The molecule has 0 aromatic heterocycles. The summed E-state index contributed by atoms with van der Waals surface area (Å²) in [5, 5.41) is 0. The van der Waals surface area contributed by atoms with Crippen molar-refractivity contribution >= 4 is 5.78 Å². The zero-order valence-corrected chi connectivity index (χ0v) is 14.9. The van der Waals surface area contributed by atoms with Gasteiger partial charge in [-0.1, -0.05) is 84.0 Å². The van der Waals surface area contributed by atoms with Gasteiger partial charge in [-0.25, -0.2) is 0 Å². The van der Waals surface area contributed by atoms with E-state index in [2.05, 4.69) is 6.92 Å². The largest absolute Gasteiger partial charge is 0.319 e. The predicted octanol–water partition coefficient (Wildman–Crippen LogP) is 5.77. The van der Waals surface area contributed by atoms with Crippen molar-refractivity contribution < 1.29 is 4.79 Å². The smallest absolute Gasteiger partial charge is 0.152 e. The quantitative estimate of drug-likeness (QED) is 0.390. The van der Waals surface area contributed by atoms with Gasteiger partial charge in [0.15, 0.2) is 5.78 Å². The predicted molar refractivity (Wildman–Crippen MR) is 93.6 cm³/mol. The van der Waals surface area contributed by atoms with Crippen LogP contribution in [0.25, 0.3) is 0 Å². The van der Waals surface area contributed by atoms with E-state index in [0.29, 0.717) is 6.42 Å². The molecule has 0 fully saturated rings. The van der Waals surface area contributed by atoms with Crippen LogP contribution >= 0.6 is 0 Å². The molecule has 0 atom stereocenters. The molecule has 0 saturated heterocycles. The molecule has 0 heterocycles. The van der Waals surface area contributed by atoms with Gasteiger partial charge in [0.1, 0.15) is 0 Å². The van der Waals surface area contributed by atoms with Gasteiger partial charge in [-0.15, -0.1) is 0 Å². The number of rotatable bonds is 15. The fourth-order valence-electron chi connectivity index (χ4n) is 2.63. The molecule has 0 spiro atoms. The summed E-state index contributed by atoms with van der Waals surface area (Å²) in [7, 11) is 0. The Labute approximate surface area is 133 Å². The van der Waals surface area contributed by atoms with Crippen molar-refractivity contribution in [2.45, 2.75) is 116 Å². The Morgan fingerprint density at radius 3 is 1.38 bits per heavy atom. The van der Waals surface area contributed by atoms with Gasteiger partial charge >= 0.3 is 0 Å². The normalized spacial score (nSPS) is 11.8. The molecule has 0 aliphatic carbocycles. The first kappa shape index (κ1) is 20.6. The molecule has 0 bridgehead atoms. The van der Waals surface area contributed by atoms with E-state index < -0.39 is 5.54 Å². The molecule has 0 aliphatic rings. The fraction of sp³-hybridized carbons (Fsp3) is 0.947. The first-order chi connectivity index (χ1) is 9.98. The van der Waals surface area contributed by atoms with Gasteiger partial charge < -0.3 is 5.73 Å². The van der Waals surface area contributed by atoms with Gasteiger partial charge in [0.25, 0.3) is 0 Å². The van der Waals surface area contributed by atoms with Crippen molar-refractivity contribution in [1.82, 2.24) is 0 Å². The Balaban J connectivity index is 3.14.